The molecule has 1 fully saturated rings. The lowest BCUT2D eigenvalue weighted by atomic mass is 9.88. The van der Waals surface area contributed by atoms with Gasteiger partial charge in [0.1, 0.15) is 5.82 Å². The Morgan fingerprint density at radius 2 is 1.65 bits per heavy atom. The van der Waals surface area contributed by atoms with Crippen molar-refractivity contribution in [2.75, 3.05) is 13.2 Å². The Balaban J connectivity index is 1.67. The maximum atomic E-state index is 13.3. The summed E-state index contributed by atoms with van der Waals surface area (Å²) in [6, 6.07) is 13.7. The number of carbonyl (C=O) groups excluding carboxylic acids is 1. The standard InChI is InChI=1S/C21H24FNO3/c1-2-25-18-7-3-4-8-19(18)26-15-20(24)23-21(13-5-6-14-21)16-9-11-17(22)12-10-16/h3-4,7-12H,2,5-6,13-15H2,1H3,(H,23,24). The molecule has 0 aliphatic heterocycles. The van der Waals surface area contributed by atoms with Crippen LogP contribution in [0.5, 0.6) is 11.5 Å². The Morgan fingerprint density at radius 3 is 2.27 bits per heavy atom. The number of nitrogens with one attached hydrogen (secondary N) is 1. The fourth-order valence-corrected chi connectivity index (χ4v) is 3.52. The number of carbonyl (C=O) groups is 1. The number of benzene rings is 2. The van der Waals surface area contributed by atoms with Crippen molar-refractivity contribution in [1.29, 1.82) is 0 Å². The maximum Gasteiger partial charge on any atom is 0.258 e. The van der Waals surface area contributed by atoms with E-state index in [2.05, 4.69) is 5.32 Å². The predicted octanol–water partition coefficient (Wildman–Crippen LogP) is 4.19. The van der Waals surface area contributed by atoms with Gasteiger partial charge >= 0.3 is 0 Å². The summed E-state index contributed by atoms with van der Waals surface area (Å²) in [5, 5.41) is 3.12. The molecular formula is C21H24FNO3. The molecule has 3 rings (SSSR count). The van der Waals surface area contributed by atoms with Gasteiger partial charge in [-0.25, -0.2) is 4.39 Å². The van der Waals surface area contributed by atoms with Crippen LogP contribution in [0.25, 0.3) is 0 Å². The van der Waals surface area contributed by atoms with E-state index in [-0.39, 0.29) is 18.3 Å². The second kappa shape index (κ2) is 8.21. The van der Waals surface area contributed by atoms with Crippen LogP contribution >= 0.6 is 0 Å². The third kappa shape index (κ3) is 4.15. The fraction of sp³-hybridized carbons (Fsp3) is 0.381. The molecule has 0 bridgehead atoms. The molecule has 0 saturated heterocycles. The maximum absolute atomic E-state index is 13.3. The molecule has 0 spiro atoms. The minimum absolute atomic E-state index is 0.0902. The summed E-state index contributed by atoms with van der Waals surface area (Å²) in [6.07, 6.45) is 3.76. The van der Waals surface area contributed by atoms with Gasteiger partial charge in [-0.05, 0) is 49.6 Å². The van der Waals surface area contributed by atoms with Crippen LogP contribution in [-0.4, -0.2) is 19.1 Å². The van der Waals surface area contributed by atoms with Crippen LogP contribution in [-0.2, 0) is 10.3 Å². The van der Waals surface area contributed by atoms with Crippen molar-refractivity contribution in [3.05, 3.63) is 59.9 Å². The summed E-state index contributed by atoms with van der Waals surface area (Å²) in [4.78, 5) is 12.5. The zero-order valence-electron chi connectivity index (χ0n) is 15.0. The number of hydrogen-bond acceptors (Lipinski definition) is 3. The molecule has 26 heavy (non-hydrogen) atoms. The van der Waals surface area contributed by atoms with Gasteiger partial charge in [0, 0.05) is 0 Å². The summed E-state index contributed by atoms with van der Waals surface area (Å²) in [5.74, 6) is 0.704. The molecule has 1 saturated carbocycles. The van der Waals surface area contributed by atoms with E-state index in [1.165, 1.54) is 12.1 Å². The molecule has 1 aliphatic rings. The molecular weight excluding hydrogens is 333 g/mol. The van der Waals surface area contributed by atoms with Gasteiger partial charge in [0.15, 0.2) is 18.1 Å². The van der Waals surface area contributed by atoms with Crippen LogP contribution < -0.4 is 14.8 Å². The van der Waals surface area contributed by atoms with Crippen LogP contribution in [0.15, 0.2) is 48.5 Å². The van der Waals surface area contributed by atoms with Gasteiger partial charge in [-0.3, -0.25) is 4.79 Å². The molecule has 0 atom stereocenters. The number of para-hydroxylation sites is 2. The molecule has 138 valence electrons. The lowest BCUT2D eigenvalue weighted by Crippen LogP contribution is -2.45. The van der Waals surface area contributed by atoms with E-state index < -0.39 is 5.54 Å². The summed E-state index contributed by atoms with van der Waals surface area (Å²) >= 11 is 0. The molecule has 0 heterocycles. The Bertz CT molecular complexity index is 739. The van der Waals surface area contributed by atoms with Gasteiger partial charge in [-0.2, -0.15) is 0 Å². The monoisotopic (exact) mass is 357 g/mol. The minimum Gasteiger partial charge on any atom is -0.490 e. The van der Waals surface area contributed by atoms with E-state index in [4.69, 9.17) is 9.47 Å². The highest BCUT2D eigenvalue weighted by atomic mass is 19.1. The summed E-state index contributed by atoms with van der Waals surface area (Å²) < 4.78 is 24.4. The van der Waals surface area contributed by atoms with Crippen molar-refractivity contribution in [3.8, 4) is 11.5 Å². The fourth-order valence-electron chi connectivity index (χ4n) is 3.52. The van der Waals surface area contributed by atoms with E-state index in [9.17, 15) is 9.18 Å². The number of amides is 1. The van der Waals surface area contributed by atoms with Crippen molar-refractivity contribution in [2.24, 2.45) is 0 Å². The number of halogens is 1. The first-order valence-corrected chi connectivity index (χ1v) is 9.05. The first-order valence-electron chi connectivity index (χ1n) is 9.05. The molecule has 4 nitrogen and oxygen atoms in total. The van der Waals surface area contributed by atoms with Gasteiger partial charge in [0.25, 0.3) is 5.91 Å². The molecule has 2 aromatic carbocycles. The van der Waals surface area contributed by atoms with Crippen LogP contribution in [0.3, 0.4) is 0 Å². The van der Waals surface area contributed by atoms with E-state index in [1.807, 2.05) is 25.1 Å². The van der Waals surface area contributed by atoms with Gasteiger partial charge in [0.2, 0.25) is 0 Å². The van der Waals surface area contributed by atoms with Gasteiger partial charge in [-0.1, -0.05) is 37.1 Å². The molecule has 0 aromatic heterocycles. The first-order chi connectivity index (χ1) is 12.6. The van der Waals surface area contributed by atoms with Crippen molar-refractivity contribution < 1.29 is 18.7 Å². The Labute approximate surface area is 153 Å². The summed E-state index contributed by atoms with van der Waals surface area (Å²) in [6.45, 7) is 2.34. The lowest BCUT2D eigenvalue weighted by molar-refractivity contribution is -0.125. The molecule has 0 unspecified atom stereocenters. The van der Waals surface area contributed by atoms with Crippen LogP contribution in [0, 0.1) is 5.82 Å². The van der Waals surface area contributed by atoms with Crippen molar-refractivity contribution >= 4 is 5.91 Å². The molecule has 1 aliphatic carbocycles. The van der Waals surface area contributed by atoms with E-state index in [0.29, 0.717) is 18.1 Å². The quantitative estimate of drug-likeness (QED) is 0.808. The van der Waals surface area contributed by atoms with Crippen LogP contribution in [0.2, 0.25) is 0 Å². The van der Waals surface area contributed by atoms with Gasteiger partial charge in [0.05, 0.1) is 12.1 Å². The third-order valence-electron chi connectivity index (χ3n) is 4.74. The minimum atomic E-state index is -0.437. The third-order valence-corrected chi connectivity index (χ3v) is 4.74. The lowest BCUT2D eigenvalue weighted by Gasteiger charge is -2.31. The van der Waals surface area contributed by atoms with Crippen molar-refractivity contribution in [2.45, 2.75) is 38.1 Å². The van der Waals surface area contributed by atoms with E-state index in [1.54, 1.807) is 18.2 Å². The average Bonchev–Trinajstić information content (AvgIpc) is 3.11. The number of ether oxygens (including phenoxy) is 2. The predicted molar refractivity (Wildman–Crippen MR) is 97.8 cm³/mol. The first kappa shape index (κ1) is 18.2. The smallest absolute Gasteiger partial charge is 0.258 e. The Morgan fingerprint density at radius 1 is 1.04 bits per heavy atom. The second-order valence-corrected chi connectivity index (χ2v) is 6.51. The average molecular weight is 357 g/mol. The second-order valence-electron chi connectivity index (χ2n) is 6.51. The number of hydrogen-bond donors (Lipinski definition) is 1. The topological polar surface area (TPSA) is 47.6 Å². The zero-order valence-corrected chi connectivity index (χ0v) is 15.0. The molecule has 1 amide bonds. The summed E-state index contributed by atoms with van der Waals surface area (Å²) in [5.41, 5.74) is 0.507. The van der Waals surface area contributed by atoms with E-state index in [0.717, 1.165) is 31.2 Å². The largest absolute Gasteiger partial charge is 0.490 e. The van der Waals surface area contributed by atoms with Crippen LogP contribution in [0.1, 0.15) is 38.2 Å². The Kier molecular flexibility index (Phi) is 5.76. The molecule has 1 N–H and O–H groups in total. The van der Waals surface area contributed by atoms with E-state index >= 15 is 0 Å². The summed E-state index contributed by atoms with van der Waals surface area (Å²) in [7, 11) is 0. The van der Waals surface area contributed by atoms with Crippen molar-refractivity contribution in [1.82, 2.24) is 5.32 Å². The normalized spacial score (nSPS) is 15.5. The molecule has 2 aromatic rings. The highest BCUT2D eigenvalue weighted by Gasteiger charge is 2.37. The van der Waals surface area contributed by atoms with Gasteiger partial charge < -0.3 is 14.8 Å². The Hall–Kier alpha value is -2.56. The molecule has 5 heteroatoms. The highest BCUT2D eigenvalue weighted by molar-refractivity contribution is 5.78. The van der Waals surface area contributed by atoms with Crippen molar-refractivity contribution in [3.63, 3.8) is 0 Å². The zero-order chi connectivity index (χ0) is 18.4. The molecule has 0 radical (unpaired) electrons. The highest BCUT2D eigenvalue weighted by Crippen LogP contribution is 2.38. The number of rotatable bonds is 7. The van der Waals surface area contributed by atoms with Crippen LogP contribution in [0.4, 0.5) is 4.39 Å². The SMILES string of the molecule is CCOc1ccccc1OCC(=O)NC1(c2ccc(F)cc2)CCCC1. The van der Waals surface area contributed by atoms with Gasteiger partial charge in [-0.15, -0.1) is 0 Å².